The van der Waals surface area contributed by atoms with Crippen LogP contribution in [0, 0.1) is 10.1 Å². The quantitative estimate of drug-likeness (QED) is 0.634. The van der Waals surface area contributed by atoms with Crippen LogP contribution in [0.4, 0.5) is 5.69 Å². The number of amides is 1. The van der Waals surface area contributed by atoms with E-state index in [1.807, 2.05) is 18.2 Å². The average Bonchev–Trinajstić information content (AvgIpc) is 2.66. The Morgan fingerprint density at radius 2 is 2.12 bits per heavy atom. The van der Waals surface area contributed by atoms with Crippen molar-refractivity contribution in [1.82, 2.24) is 5.32 Å². The number of nitrogens with zero attached hydrogens (tertiary/aromatic N) is 1. The highest BCUT2D eigenvalue weighted by Crippen LogP contribution is 2.31. The molecule has 0 heterocycles. The van der Waals surface area contributed by atoms with Crippen molar-refractivity contribution in [2.45, 2.75) is 25.3 Å². The predicted molar refractivity (Wildman–Crippen MR) is 95.4 cm³/mol. The van der Waals surface area contributed by atoms with E-state index in [0.29, 0.717) is 5.75 Å². The number of carbonyl (C=O) groups is 1. The molecule has 2 aromatic carbocycles. The molecule has 2 aromatic rings. The van der Waals surface area contributed by atoms with Gasteiger partial charge in [0.25, 0.3) is 5.91 Å². The molecular weight excluding hydrogens is 336 g/mol. The molecule has 26 heavy (non-hydrogen) atoms. The molecule has 0 spiro atoms. The van der Waals surface area contributed by atoms with Crippen molar-refractivity contribution in [3.8, 4) is 11.5 Å². The van der Waals surface area contributed by atoms with Crippen LogP contribution >= 0.6 is 0 Å². The molecule has 0 unspecified atom stereocenters. The Hall–Kier alpha value is -3.09. The summed E-state index contributed by atoms with van der Waals surface area (Å²) in [5.74, 6) is 0.0825. The van der Waals surface area contributed by atoms with Gasteiger partial charge in [-0.2, -0.15) is 0 Å². The largest absolute Gasteiger partial charge is 0.496 e. The molecule has 3 rings (SSSR count). The van der Waals surface area contributed by atoms with Crippen molar-refractivity contribution in [3.05, 3.63) is 63.7 Å². The summed E-state index contributed by atoms with van der Waals surface area (Å²) in [6.45, 7) is -0.286. The van der Waals surface area contributed by atoms with Crippen molar-refractivity contribution >= 4 is 11.6 Å². The van der Waals surface area contributed by atoms with Crippen molar-refractivity contribution in [2.75, 3.05) is 13.7 Å². The minimum Gasteiger partial charge on any atom is -0.496 e. The van der Waals surface area contributed by atoms with Crippen molar-refractivity contribution in [3.63, 3.8) is 0 Å². The monoisotopic (exact) mass is 356 g/mol. The van der Waals surface area contributed by atoms with Gasteiger partial charge >= 0.3 is 5.69 Å². The van der Waals surface area contributed by atoms with Gasteiger partial charge in [-0.25, -0.2) is 0 Å². The average molecular weight is 356 g/mol. The highest BCUT2D eigenvalue weighted by Gasteiger charge is 2.22. The SMILES string of the molecule is COc1ccc(OCC(=O)N[C@H]2CCCc3ccccc32)c([N+](=O)[O-])c1. The van der Waals surface area contributed by atoms with Crippen LogP contribution in [0.2, 0.25) is 0 Å². The van der Waals surface area contributed by atoms with Crippen molar-refractivity contribution in [1.29, 1.82) is 0 Å². The second-order valence-corrected chi connectivity index (χ2v) is 6.09. The van der Waals surface area contributed by atoms with Crippen LogP contribution < -0.4 is 14.8 Å². The van der Waals surface area contributed by atoms with Gasteiger partial charge in [0.15, 0.2) is 12.4 Å². The number of ether oxygens (including phenoxy) is 2. The molecule has 1 aliphatic rings. The van der Waals surface area contributed by atoms with Crippen LogP contribution in [0.1, 0.15) is 30.0 Å². The number of nitro groups is 1. The fraction of sp³-hybridized carbons (Fsp3) is 0.316. The third kappa shape index (κ3) is 3.93. The number of rotatable bonds is 6. The summed E-state index contributed by atoms with van der Waals surface area (Å²) >= 11 is 0. The summed E-state index contributed by atoms with van der Waals surface area (Å²) < 4.78 is 10.4. The van der Waals surface area contributed by atoms with Gasteiger partial charge in [-0.15, -0.1) is 0 Å². The van der Waals surface area contributed by atoms with E-state index >= 15 is 0 Å². The third-order valence-corrected chi connectivity index (χ3v) is 4.43. The molecule has 7 heteroatoms. The lowest BCUT2D eigenvalue weighted by Gasteiger charge is -2.26. The molecule has 7 nitrogen and oxygen atoms in total. The molecule has 0 saturated heterocycles. The minimum atomic E-state index is -0.562. The second kappa shape index (κ2) is 7.86. The molecule has 0 bridgehead atoms. The molecule has 0 fully saturated rings. The maximum Gasteiger partial charge on any atom is 0.314 e. The number of benzene rings is 2. The molecule has 0 aromatic heterocycles. The van der Waals surface area contributed by atoms with E-state index in [4.69, 9.17) is 9.47 Å². The van der Waals surface area contributed by atoms with E-state index in [0.717, 1.165) is 24.8 Å². The number of fused-ring (bicyclic) bond motifs is 1. The first-order valence-electron chi connectivity index (χ1n) is 8.41. The Morgan fingerprint density at radius 3 is 2.88 bits per heavy atom. The van der Waals surface area contributed by atoms with E-state index < -0.39 is 4.92 Å². The third-order valence-electron chi connectivity index (χ3n) is 4.43. The molecule has 136 valence electrons. The summed E-state index contributed by atoms with van der Waals surface area (Å²) in [4.78, 5) is 22.9. The number of aryl methyl sites for hydroxylation is 1. The van der Waals surface area contributed by atoms with E-state index in [9.17, 15) is 14.9 Å². The molecule has 0 saturated carbocycles. The van der Waals surface area contributed by atoms with Gasteiger partial charge in [-0.3, -0.25) is 14.9 Å². The molecule has 1 atom stereocenters. The molecule has 1 amide bonds. The van der Waals surface area contributed by atoms with Gasteiger partial charge in [0.1, 0.15) is 5.75 Å². The predicted octanol–water partition coefficient (Wildman–Crippen LogP) is 3.18. The molecular formula is C19H20N2O5. The number of nitro benzene ring substituents is 1. The summed E-state index contributed by atoms with van der Waals surface area (Å²) in [6, 6.07) is 12.2. The van der Waals surface area contributed by atoms with Gasteiger partial charge in [0.05, 0.1) is 24.1 Å². The van der Waals surface area contributed by atoms with Crippen LogP contribution in [0.25, 0.3) is 0 Å². The Morgan fingerprint density at radius 1 is 1.31 bits per heavy atom. The van der Waals surface area contributed by atoms with Crippen LogP contribution in [0.3, 0.4) is 0 Å². The molecule has 1 N–H and O–H groups in total. The second-order valence-electron chi connectivity index (χ2n) is 6.09. The first-order valence-corrected chi connectivity index (χ1v) is 8.41. The highest BCUT2D eigenvalue weighted by atomic mass is 16.6. The van der Waals surface area contributed by atoms with Crippen LogP contribution in [-0.4, -0.2) is 24.5 Å². The molecule has 1 aliphatic carbocycles. The topological polar surface area (TPSA) is 90.7 Å². The van der Waals surface area contributed by atoms with E-state index in [1.165, 1.54) is 24.8 Å². The Labute approximate surface area is 151 Å². The summed E-state index contributed by atoms with van der Waals surface area (Å²) in [5, 5.41) is 14.1. The lowest BCUT2D eigenvalue weighted by Crippen LogP contribution is -2.34. The van der Waals surface area contributed by atoms with Crippen LogP contribution in [-0.2, 0) is 11.2 Å². The van der Waals surface area contributed by atoms with Gasteiger partial charge in [0.2, 0.25) is 0 Å². The fourth-order valence-corrected chi connectivity index (χ4v) is 3.17. The number of hydrogen-bond acceptors (Lipinski definition) is 5. The molecule has 0 radical (unpaired) electrons. The number of methoxy groups -OCH3 is 1. The van der Waals surface area contributed by atoms with E-state index in [1.54, 1.807) is 6.07 Å². The maximum atomic E-state index is 12.3. The van der Waals surface area contributed by atoms with E-state index in [2.05, 4.69) is 11.4 Å². The van der Waals surface area contributed by atoms with Gasteiger partial charge < -0.3 is 14.8 Å². The van der Waals surface area contributed by atoms with Crippen molar-refractivity contribution < 1.29 is 19.2 Å². The normalized spacial score (nSPS) is 15.7. The Balaban J connectivity index is 1.64. The lowest BCUT2D eigenvalue weighted by molar-refractivity contribution is -0.385. The van der Waals surface area contributed by atoms with Crippen LogP contribution in [0.15, 0.2) is 42.5 Å². The standard InChI is InChI=1S/C19H20N2O5/c1-25-14-9-10-18(17(11-14)21(23)24)26-12-19(22)20-16-8-4-6-13-5-2-3-7-15(13)16/h2-3,5,7,9-11,16H,4,6,8,12H2,1H3,(H,20,22)/t16-/m0/s1. The van der Waals surface area contributed by atoms with E-state index in [-0.39, 0.29) is 30.0 Å². The Bertz CT molecular complexity index is 821. The zero-order valence-electron chi connectivity index (χ0n) is 14.4. The van der Waals surface area contributed by atoms with Gasteiger partial charge in [-0.1, -0.05) is 24.3 Å². The number of hydrogen-bond donors (Lipinski definition) is 1. The lowest BCUT2D eigenvalue weighted by atomic mass is 9.88. The smallest absolute Gasteiger partial charge is 0.314 e. The maximum absolute atomic E-state index is 12.3. The Kier molecular flexibility index (Phi) is 5.36. The zero-order chi connectivity index (χ0) is 18.5. The van der Waals surface area contributed by atoms with Gasteiger partial charge in [0, 0.05) is 0 Å². The number of carbonyl (C=O) groups excluding carboxylic acids is 1. The first-order chi connectivity index (χ1) is 12.6. The fourth-order valence-electron chi connectivity index (χ4n) is 3.17. The summed E-state index contributed by atoms with van der Waals surface area (Å²) in [7, 11) is 1.43. The van der Waals surface area contributed by atoms with Crippen molar-refractivity contribution in [2.24, 2.45) is 0 Å². The number of nitrogens with one attached hydrogen (secondary N) is 1. The first kappa shape index (κ1) is 17.7. The summed E-state index contributed by atoms with van der Waals surface area (Å²) in [6.07, 6.45) is 2.88. The highest BCUT2D eigenvalue weighted by molar-refractivity contribution is 5.78. The zero-order valence-corrected chi connectivity index (χ0v) is 14.4. The van der Waals surface area contributed by atoms with Gasteiger partial charge in [-0.05, 0) is 42.5 Å². The minimum absolute atomic E-state index is 0.0370. The summed E-state index contributed by atoms with van der Waals surface area (Å²) in [5.41, 5.74) is 2.14. The molecule has 0 aliphatic heterocycles. The van der Waals surface area contributed by atoms with Crippen LogP contribution in [0.5, 0.6) is 11.5 Å².